The van der Waals surface area contributed by atoms with Crippen LogP contribution in [0.1, 0.15) is 26.2 Å². The normalized spacial score (nSPS) is 21.9. The minimum absolute atomic E-state index is 0. The standard InChI is InChI=1S/C10H20N2OS.ClH/c1-8(14-2)10(13)12-7-5-9-4-3-6-11-9;/h8-9,11H,3-7H2,1-2H3,(H,12,13);1H/t8?,9-;/m1./s1. The number of thioether (sulfide) groups is 1. The van der Waals surface area contributed by atoms with Gasteiger partial charge in [0.25, 0.3) is 0 Å². The zero-order chi connectivity index (χ0) is 10.4. The minimum atomic E-state index is 0. The molecule has 1 aliphatic heterocycles. The van der Waals surface area contributed by atoms with Crippen LogP contribution >= 0.6 is 24.2 Å². The van der Waals surface area contributed by atoms with Gasteiger partial charge in [0.05, 0.1) is 5.25 Å². The predicted octanol–water partition coefficient (Wildman–Crippen LogP) is 1.42. The number of carbonyl (C=O) groups excluding carboxylic acids is 1. The third-order valence-electron chi connectivity index (χ3n) is 2.68. The third kappa shape index (κ3) is 5.64. The number of hydrogen-bond acceptors (Lipinski definition) is 3. The van der Waals surface area contributed by atoms with E-state index in [0.717, 1.165) is 19.5 Å². The lowest BCUT2D eigenvalue weighted by atomic mass is 10.1. The first-order chi connectivity index (χ1) is 6.74. The lowest BCUT2D eigenvalue weighted by molar-refractivity contribution is -0.120. The molecule has 1 heterocycles. The first-order valence-corrected chi connectivity index (χ1v) is 6.56. The lowest BCUT2D eigenvalue weighted by Gasteiger charge is -2.12. The van der Waals surface area contributed by atoms with Crippen LogP contribution in [0.5, 0.6) is 0 Å². The second-order valence-corrected chi connectivity index (χ2v) is 4.93. The Kier molecular flexibility index (Phi) is 8.29. The van der Waals surface area contributed by atoms with Crippen molar-refractivity contribution in [2.24, 2.45) is 0 Å². The van der Waals surface area contributed by atoms with Crippen LogP contribution in [0.4, 0.5) is 0 Å². The summed E-state index contributed by atoms with van der Waals surface area (Å²) in [4.78, 5) is 11.4. The Bertz CT molecular complexity index is 186. The zero-order valence-electron chi connectivity index (χ0n) is 9.41. The van der Waals surface area contributed by atoms with Gasteiger partial charge in [0.1, 0.15) is 0 Å². The van der Waals surface area contributed by atoms with Gasteiger partial charge in [-0.15, -0.1) is 12.4 Å². The molecule has 0 saturated carbocycles. The number of carbonyl (C=O) groups is 1. The molecule has 2 N–H and O–H groups in total. The highest BCUT2D eigenvalue weighted by Crippen LogP contribution is 2.08. The molecule has 0 aliphatic carbocycles. The SMILES string of the molecule is CSC(C)C(=O)NCC[C@H]1CCCN1.Cl. The molecule has 1 saturated heterocycles. The number of halogens is 1. The molecule has 0 bridgehead atoms. The fourth-order valence-corrected chi connectivity index (χ4v) is 1.92. The molecule has 0 aromatic heterocycles. The van der Waals surface area contributed by atoms with Crippen LogP contribution in [0.3, 0.4) is 0 Å². The first-order valence-electron chi connectivity index (χ1n) is 5.28. The molecule has 15 heavy (non-hydrogen) atoms. The minimum Gasteiger partial charge on any atom is -0.355 e. The molecule has 1 unspecified atom stereocenters. The summed E-state index contributed by atoms with van der Waals surface area (Å²) in [6.07, 6.45) is 5.56. The van der Waals surface area contributed by atoms with Crippen molar-refractivity contribution in [3.05, 3.63) is 0 Å². The summed E-state index contributed by atoms with van der Waals surface area (Å²) < 4.78 is 0. The van der Waals surface area contributed by atoms with Crippen molar-refractivity contribution in [1.82, 2.24) is 10.6 Å². The Morgan fingerprint density at radius 1 is 1.67 bits per heavy atom. The van der Waals surface area contributed by atoms with E-state index in [1.54, 1.807) is 11.8 Å². The predicted molar refractivity (Wildman–Crippen MR) is 68.9 cm³/mol. The highest BCUT2D eigenvalue weighted by Gasteiger charge is 2.15. The van der Waals surface area contributed by atoms with Crippen LogP contribution in [0.2, 0.25) is 0 Å². The van der Waals surface area contributed by atoms with E-state index in [9.17, 15) is 4.79 Å². The van der Waals surface area contributed by atoms with Crippen molar-refractivity contribution < 1.29 is 4.79 Å². The molecule has 1 amide bonds. The fourth-order valence-electron chi connectivity index (χ4n) is 1.62. The van der Waals surface area contributed by atoms with E-state index in [0.29, 0.717) is 6.04 Å². The van der Waals surface area contributed by atoms with Gasteiger partial charge in [-0.05, 0) is 39.0 Å². The van der Waals surface area contributed by atoms with Crippen LogP contribution in [0, 0.1) is 0 Å². The highest BCUT2D eigenvalue weighted by molar-refractivity contribution is 7.99. The largest absolute Gasteiger partial charge is 0.355 e. The summed E-state index contributed by atoms with van der Waals surface area (Å²) in [5, 5.41) is 6.45. The maximum absolute atomic E-state index is 11.4. The highest BCUT2D eigenvalue weighted by atomic mass is 35.5. The number of nitrogens with one attached hydrogen (secondary N) is 2. The topological polar surface area (TPSA) is 41.1 Å². The van der Waals surface area contributed by atoms with Crippen molar-refractivity contribution in [3.8, 4) is 0 Å². The summed E-state index contributed by atoms with van der Waals surface area (Å²) >= 11 is 1.59. The van der Waals surface area contributed by atoms with Gasteiger partial charge in [-0.3, -0.25) is 4.79 Å². The molecule has 3 nitrogen and oxygen atoms in total. The average molecular weight is 253 g/mol. The van der Waals surface area contributed by atoms with Crippen molar-refractivity contribution in [2.45, 2.75) is 37.5 Å². The second-order valence-electron chi connectivity index (χ2n) is 3.75. The smallest absolute Gasteiger partial charge is 0.232 e. The van der Waals surface area contributed by atoms with Crippen molar-refractivity contribution in [1.29, 1.82) is 0 Å². The van der Waals surface area contributed by atoms with Gasteiger partial charge in [0.2, 0.25) is 5.91 Å². The van der Waals surface area contributed by atoms with E-state index in [1.165, 1.54) is 12.8 Å². The Morgan fingerprint density at radius 2 is 2.40 bits per heavy atom. The molecule has 0 radical (unpaired) electrons. The van der Waals surface area contributed by atoms with E-state index >= 15 is 0 Å². The molecule has 1 aliphatic rings. The molecule has 5 heteroatoms. The van der Waals surface area contributed by atoms with E-state index in [4.69, 9.17) is 0 Å². The van der Waals surface area contributed by atoms with Crippen LogP contribution in [-0.2, 0) is 4.79 Å². The maximum Gasteiger partial charge on any atom is 0.232 e. The molecule has 0 aromatic rings. The second kappa shape index (κ2) is 8.25. The van der Waals surface area contributed by atoms with Gasteiger partial charge < -0.3 is 10.6 Å². The Labute approximate surface area is 103 Å². The summed E-state index contributed by atoms with van der Waals surface area (Å²) in [6, 6.07) is 0.625. The monoisotopic (exact) mass is 252 g/mol. The van der Waals surface area contributed by atoms with Gasteiger partial charge in [0, 0.05) is 12.6 Å². The Balaban J connectivity index is 0.00000196. The van der Waals surface area contributed by atoms with Crippen molar-refractivity contribution >= 4 is 30.1 Å². The molecule has 2 atom stereocenters. The van der Waals surface area contributed by atoms with E-state index < -0.39 is 0 Å². The molecule has 1 fully saturated rings. The number of hydrogen-bond donors (Lipinski definition) is 2. The van der Waals surface area contributed by atoms with Crippen LogP contribution in [0.15, 0.2) is 0 Å². The molecule has 1 rings (SSSR count). The maximum atomic E-state index is 11.4. The summed E-state index contributed by atoms with van der Waals surface area (Å²) in [5.41, 5.74) is 0. The average Bonchev–Trinajstić information content (AvgIpc) is 2.69. The van der Waals surface area contributed by atoms with Gasteiger partial charge in [-0.2, -0.15) is 11.8 Å². The first kappa shape index (κ1) is 15.1. The van der Waals surface area contributed by atoms with Gasteiger partial charge in [-0.25, -0.2) is 0 Å². The summed E-state index contributed by atoms with van der Waals surface area (Å²) in [7, 11) is 0. The van der Waals surface area contributed by atoms with E-state index in [2.05, 4.69) is 10.6 Å². The molecule has 0 spiro atoms. The Hall–Kier alpha value is 0.0700. The van der Waals surface area contributed by atoms with Gasteiger partial charge >= 0.3 is 0 Å². The fraction of sp³-hybridized carbons (Fsp3) is 0.900. The number of amides is 1. The van der Waals surface area contributed by atoms with E-state index in [1.807, 2.05) is 13.2 Å². The van der Waals surface area contributed by atoms with Crippen LogP contribution in [0.25, 0.3) is 0 Å². The van der Waals surface area contributed by atoms with E-state index in [-0.39, 0.29) is 23.6 Å². The molecular formula is C10H21ClN2OS. The quantitative estimate of drug-likeness (QED) is 0.778. The zero-order valence-corrected chi connectivity index (χ0v) is 11.0. The summed E-state index contributed by atoms with van der Waals surface area (Å²) in [5.74, 6) is 0.162. The lowest BCUT2D eigenvalue weighted by Crippen LogP contribution is -2.34. The molecular weight excluding hydrogens is 232 g/mol. The van der Waals surface area contributed by atoms with Crippen LogP contribution in [-0.4, -0.2) is 36.5 Å². The van der Waals surface area contributed by atoms with Crippen molar-refractivity contribution in [2.75, 3.05) is 19.3 Å². The van der Waals surface area contributed by atoms with Crippen LogP contribution < -0.4 is 10.6 Å². The Morgan fingerprint density at radius 3 is 2.93 bits per heavy atom. The summed E-state index contributed by atoms with van der Waals surface area (Å²) in [6.45, 7) is 3.88. The van der Waals surface area contributed by atoms with Gasteiger partial charge in [0.15, 0.2) is 0 Å². The van der Waals surface area contributed by atoms with Gasteiger partial charge in [-0.1, -0.05) is 0 Å². The third-order valence-corrected chi connectivity index (χ3v) is 3.60. The van der Waals surface area contributed by atoms with Crippen molar-refractivity contribution in [3.63, 3.8) is 0 Å². The molecule has 0 aromatic carbocycles. The number of rotatable bonds is 5. The molecule has 90 valence electrons.